The molecule has 11 heavy (non-hydrogen) atoms. The first kappa shape index (κ1) is 8.22. The Bertz CT molecular complexity index is 225. The van der Waals surface area contributed by atoms with Crippen molar-refractivity contribution >= 4 is 11.8 Å². The van der Waals surface area contributed by atoms with Gasteiger partial charge in [0.1, 0.15) is 5.76 Å². The van der Waals surface area contributed by atoms with Gasteiger partial charge in [-0.1, -0.05) is 0 Å². The summed E-state index contributed by atoms with van der Waals surface area (Å²) in [7, 11) is 0. The average Bonchev–Trinajstić information content (AvgIpc) is 2.50. The number of nitrogens with zero attached hydrogens (tertiary/aromatic N) is 1. The van der Waals surface area contributed by atoms with E-state index in [2.05, 4.69) is 6.07 Å². The van der Waals surface area contributed by atoms with Crippen LogP contribution in [0.15, 0.2) is 22.8 Å². The van der Waals surface area contributed by atoms with Gasteiger partial charge in [0, 0.05) is 12.2 Å². The molecule has 0 aromatic carbocycles. The Kier molecular flexibility index (Phi) is 3.63. The molecule has 1 heterocycles. The zero-order valence-electron chi connectivity index (χ0n) is 6.12. The lowest BCUT2D eigenvalue weighted by Crippen LogP contribution is -1.78. The van der Waals surface area contributed by atoms with E-state index >= 15 is 0 Å². The van der Waals surface area contributed by atoms with Crippen LogP contribution in [0.2, 0.25) is 0 Å². The van der Waals surface area contributed by atoms with Crippen LogP contribution in [0.5, 0.6) is 0 Å². The van der Waals surface area contributed by atoms with Gasteiger partial charge >= 0.3 is 0 Å². The predicted octanol–water partition coefficient (Wildman–Crippen LogP) is 2.43. The molecule has 0 amide bonds. The zero-order valence-corrected chi connectivity index (χ0v) is 6.93. The Morgan fingerprint density at radius 2 is 2.55 bits per heavy atom. The largest absolute Gasteiger partial charge is 0.468 e. The zero-order chi connectivity index (χ0) is 7.94. The van der Waals surface area contributed by atoms with E-state index in [1.165, 1.54) is 0 Å². The molecule has 0 unspecified atom stereocenters. The van der Waals surface area contributed by atoms with Crippen molar-refractivity contribution in [2.45, 2.75) is 12.2 Å². The van der Waals surface area contributed by atoms with Crippen molar-refractivity contribution in [1.29, 1.82) is 5.26 Å². The fraction of sp³-hybridized carbons (Fsp3) is 0.375. The van der Waals surface area contributed by atoms with E-state index in [0.717, 1.165) is 17.3 Å². The minimum absolute atomic E-state index is 0.616. The fourth-order valence-corrected chi connectivity index (χ4v) is 1.43. The number of nitriles is 1. The van der Waals surface area contributed by atoms with E-state index in [1.54, 1.807) is 18.0 Å². The molecule has 1 aromatic heterocycles. The highest BCUT2D eigenvalue weighted by atomic mass is 32.2. The summed E-state index contributed by atoms with van der Waals surface area (Å²) in [5.74, 6) is 2.74. The second kappa shape index (κ2) is 4.86. The SMILES string of the molecule is N#CCCSCc1ccco1. The normalized spacial score (nSPS) is 9.36. The number of thioether (sulfide) groups is 1. The molecule has 0 radical (unpaired) electrons. The highest BCUT2D eigenvalue weighted by Gasteiger charge is 1.94. The van der Waals surface area contributed by atoms with Gasteiger partial charge in [0.05, 0.1) is 18.1 Å². The van der Waals surface area contributed by atoms with Crippen LogP contribution in [0.3, 0.4) is 0 Å². The van der Waals surface area contributed by atoms with Crippen LogP contribution in [0.4, 0.5) is 0 Å². The number of hydrogen-bond acceptors (Lipinski definition) is 3. The van der Waals surface area contributed by atoms with Gasteiger partial charge in [-0.2, -0.15) is 17.0 Å². The number of hydrogen-bond donors (Lipinski definition) is 0. The Morgan fingerprint density at radius 3 is 3.18 bits per heavy atom. The number of furan rings is 1. The van der Waals surface area contributed by atoms with Crippen molar-refractivity contribution in [3.05, 3.63) is 24.2 Å². The molecule has 0 saturated carbocycles. The minimum atomic E-state index is 0.616. The van der Waals surface area contributed by atoms with E-state index in [1.807, 2.05) is 12.1 Å². The molecule has 0 bridgehead atoms. The smallest absolute Gasteiger partial charge is 0.113 e. The van der Waals surface area contributed by atoms with Crippen molar-refractivity contribution in [3.8, 4) is 6.07 Å². The Balaban J connectivity index is 2.10. The summed E-state index contributed by atoms with van der Waals surface area (Å²) >= 11 is 1.72. The van der Waals surface area contributed by atoms with Crippen LogP contribution in [0, 0.1) is 11.3 Å². The number of rotatable bonds is 4. The minimum Gasteiger partial charge on any atom is -0.468 e. The average molecular weight is 167 g/mol. The third-order valence-electron chi connectivity index (χ3n) is 1.18. The Labute approximate surface area is 70.2 Å². The van der Waals surface area contributed by atoms with E-state index in [9.17, 15) is 0 Å². The molecule has 1 aromatic rings. The quantitative estimate of drug-likeness (QED) is 0.646. The van der Waals surface area contributed by atoms with Gasteiger partial charge in [-0.3, -0.25) is 0 Å². The van der Waals surface area contributed by atoms with Crippen LogP contribution in [0.1, 0.15) is 12.2 Å². The highest BCUT2D eigenvalue weighted by Crippen LogP contribution is 2.12. The second-order valence-electron chi connectivity index (χ2n) is 2.04. The molecule has 0 fully saturated rings. The fourth-order valence-electron chi connectivity index (χ4n) is 0.685. The molecule has 0 N–H and O–H groups in total. The van der Waals surface area contributed by atoms with Crippen LogP contribution in [0.25, 0.3) is 0 Å². The third-order valence-corrected chi connectivity index (χ3v) is 2.16. The summed E-state index contributed by atoms with van der Waals surface area (Å²) < 4.78 is 5.11. The molecular weight excluding hydrogens is 158 g/mol. The summed E-state index contributed by atoms with van der Waals surface area (Å²) in [6, 6.07) is 5.92. The van der Waals surface area contributed by atoms with E-state index in [-0.39, 0.29) is 0 Å². The first-order valence-corrected chi connectivity index (χ1v) is 4.56. The predicted molar refractivity (Wildman–Crippen MR) is 45.1 cm³/mol. The molecule has 3 heteroatoms. The second-order valence-corrected chi connectivity index (χ2v) is 3.15. The van der Waals surface area contributed by atoms with Crippen molar-refractivity contribution < 1.29 is 4.42 Å². The van der Waals surface area contributed by atoms with Crippen LogP contribution >= 0.6 is 11.8 Å². The van der Waals surface area contributed by atoms with Crippen LogP contribution in [-0.2, 0) is 5.75 Å². The lowest BCUT2D eigenvalue weighted by molar-refractivity contribution is 0.530. The van der Waals surface area contributed by atoms with Gasteiger partial charge in [0.15, 0.2) is 0 Å². The first-order valence-electron chi connectivity index (χ1n) is 3.40. The van der Waals surface area contributed by atoms with Gasteiger partial charge in [0.25, 0.3) is 0 Å². The van der Waals surface area contributed by atoms with Crippen molar-refractivity contribution in [2.24, 2.45) is 0 Å². The van der Waals surface area contributed by atoms with Crippen LogP contribution < -0.4 is 0 Å². The van der Waals surface area contributed by atoms with Crippen molar-refractivity contribution in [3.63, 3.8) is 0 Å². The monoisotopic (exact) mass is 167 g/mol. The van der Waals surface area contributed by atoms with Gasteiger partial charge in [-0.15, -0.1) is 0 Å². The molecular formula is C8H9NOS. The maximum Gasteiger partial charge on any atom is 0.113 e. The molecule has 0 atom stereocenters. The van der Waals surface area contributed by atoms with Gasteiger partial charge in [-0.25, -0.2) is 0 Å². The molecule has 58 valence electrons. The lowest BCUT2D eigenvalue weighted by Gasteiger charge is -1.92. The molecule has 0 aliphatic rings. The molecule has 0 aliphatic carbocycles. The maximum atomic E-state index is 8.24. The van der Waals surface area contributed by atoms with Crippen molar-refractivity contribution in [1.82, 2.24) is 0 Å². The van der Waals surface area contributed by atoms with E-state index in [4.69, 9.17) is 9.68 Å². The Morgan fingerprint density at radius 1 is 1.64 bits per heavy atom. The Hall–Kier alpha value is -0.880. The standard InChI is InChI=1S/C8H9NOS/c9-4-2-6-11-7-8-3-1-5-10-8/h1,3,5H,2,6-7H2. The third kappa shape index (κ3) is 3.15. The van der Waals surface area contributed by atoms with E-state index in [0.29, 0.717) is 6.42 Å². The topological polar surface area (TPSA) is 36.9 Å². The van der Waals surface area contributed by atoms with Gasteiger partial charge < -0.3 is 4.42 Å². The summed E-state index contributed by atoms with van der Waals surface area (Å²) in [6.45, 7) is 0. The summed E-state index contributed by atoms with van der Waals surface area (Å²) in [5.41, 5.74) is 0. The van der Waals surface area contributed by atoms with E-state index < -0.39 is 0 Å². The molecule has 1 rings (SSSR count). The summed E-state index contributed by atoms with van der Waals surface area (Å²) in [6.07, 6.45) is 2.28. The molecule has 0 aliphatic heterocycles. The molecule has 2 nitrogen and oxygen atoms in total. The highest BCUT2D eigenvalue weighted by molar-refractivity contribution is 7.98. The lowest BCUT2D eigenvalue weighted by atomic mass is 10.5. The summed E-state index contributed by atoms with van der Waals surface area (Å²) in [5, 5.41) is 8.24. The molecule has 0 saturated heterocycles. The maximum absolute atomic E-state index is 8.24. The van der Waals surface area contributed by atoms with Crippen LogP contribution in [-0.4, -0.2) is 5.75 Å². The van der Waals surface area contributed by atoms with Gasteiger partial charge in [0.2, 0.25) is 0 Å². The van der Waals surface area contributed by atoms with Crippen molar-refractivity contribution in [2.75, 3.05) is 5.75 Å². The first-order chi connectivity index (χ1) is 5.43. The summed E-state index contributed by atoms with van der Waals surface area (Å²) in [4.78, 5) is 0. The molecule has 0 spiro atoms. The van der Waals surface area contributed by atoms with Gasteiger partial charge in [-0.05, 0) is 12.1 Å².